The molecule has 1 aliphatic rings. The van der Waals surface area contributed by atoms with Crippen molar-refractivity contribution >= 4 is 26.8 Å². The third-order valence-corrected chi connectivity index (χ3v) is 9.53. The Bertz CT molecular complexity index is 2130. The summed E-state index contributed by atoms with van der Waals surface area (Å²) in [6.45, 7) is 6.75. The summed E-state index contributed by atoms with van der Waals surface area (Å²) in [4.78, 5) is 8.03. The largest absolute Gasteiger partial charge is 0.454 e. The Morgan fingerprint density at radius 3 is 2.61 bits per heavy atom. The molecular formula is C36H33BrF2N6O. The van der Waals surface area contributed by atoms with Gasteiger partial charge < -0.3 is 9.72 Å². The van der Waals surface area contributed by atoms with E-state index in [1.54, 1.807) is 24.0 Å². The van der Waals surface area contributed by atoms with E-state index in [4.69, 9.17) is 14.8 Å². The first-order valence-corrected chi connectivity index (χ1v) is 15.9. The highest BCUT2D eigenvalue weighted by atomic mass is 79.9. The van der Waals surface area contributed by atoms with Crippen LogP contribution in [-0.4, -0.2) is 29.5 Å². The standard InChI is InChI=1S/C36H33BrF2N6O/c1-35(2)13-5-6-14-36(3,22-8-7-9-24(37)16-22)34-42-33(44(4)43-34)27-17-25(10-11-29(27)38)46-32-28(21-45-20-23(35)19-41-45)26-12-15-40-31(26)18-30(32)39/h5-12,15-20,40H,13-14,21H2,1-4H3/b6-5-. The van der Waals surface area contributed by atoms with Gasteiger partial charge in [0, 0.05) is 46.4 Å². The smallest absolute Gasteiger partial charge is 0.168 e. The van der Waals surface area contributed by atoms with Crippen LogP contribution in [0.4, 0.5) is 8.78 Å². The van der Waals surface area contributed by atoms with E-state index in [1.165, 1.54) is 18.2 Å². The molecule has 46 heavy (non-hydrogen) atoms. The van der Waals surface area contributed by atoms with Crippen LogP contribution in [0.3, 0.4) is 0 Å². The van der Waals surface area contributed by atoms with Gasteiger partial charge in [0.25, 0.3) is 0 Å². The lowest BCUT2D eigenvalue weighted by Gasteiger charge is -2.27. The molecule has 0 aliphatic carbocycles. The van der Waals surface area contributed by atoms with Gasteiger partial charge in [0.05, 0.1) is 23.7 Å². The van der Waals surface area contributed by atoms with Crippen LogP contribution in [0.15, 0.2) is 89.8 Å². The molecule has 4 heterocycles. The van der Waals surface area contributed by atoms with Crippen molar-refractivity contribution in [1.82, 2.24) is 29.5 Å². The molecule has 3 aromatic heterocycles. The van der Waals surface area contributed by atoms with Crippen LogP contribution in [-0.2, 0) is 24.4 Å². The van der Waals surface area contributed by atoms with Crippen molar-refractivity contribution < 1.29 is 13.5 Å². The molecular weight excluding hydrogens is 650 g/mol. The third kappa shape index (κ3) is 5.34. The number of allylic oxidation sites excluding steroid dienone is 2. The van der Waals surface area contributed by atoms with E-state index in [2.05, 4.69) is 71.1 Å². The monoisotopic (exact) mass is 682 g/mol. The van der Waals surface area contributed by atoms with Gasteiger partial charge in [0.2, 0.25) is 0 Å². The average Bonchev–Trinajstić information content (AvgIpc) is 3.78. The molecule has 0 spiro atoms. The zero-order valence-corrected chi connectivity index (χ0v) is 27.6. The van der Waals surface area contributed by atoms with E-state index in [9.17, 15) is 0 Å². The van der Waals surface area contributed by atoms with Gasteiger partial charge in [-0.1, -0.05) is 54.1 Å². The minimum absolute atomic E-state index is 0.0581. The molecule has 1 aliphatic heterocycles. The van der Waals surface area contributed by atoms with Crippen LogP contribution < -0.4 is 4.74 Å². The predicted molar refractivity (Wildman–Crippen MR) is 178 cm³/mol. The summed E-state index contributed by atoms with van der Waals surface area (Å²) in [5.41, 5.74) is 2.72. The molecule has 10 heteroatoms. The predicted octanol–water partition coefficient (Wildman–Crippen LogP) is 8.97. The number of aryl methyl sites for hydroxylation is 1. The van der Waals surface area contributed by atoms with Gasteiger partial charge >= 0.3 is 0 Å². The van der Waals surface area contributed by atoms with Gasteiger partial charge in [-0.25, -0.2) is 18.4 Å². The normalized spacial score (nSPS) is 18.7. The number of hydrogen-bond donors (Lipinski definition) is 1. The van der Waals surface area contributed by atoms with Gasteiger partial charge in [-0.3, -0.25) is 4.68 Å². The zero-order chi connectivity index (χ0) is 32.2. The molecule has 7 rings (SSSR count). The van der Waals surface area contributed by atoms with Crippen molar-refractivity contribution in [3.63, 3.8) is 0 Å². The first kappa shape index (κ1) is 30.1. The highest BCUT2D eigenvalue weighted by Gasteiger charge is 2.34. The Kier molecular flexibility index (Phi) is 7.43. The SMILES string of the molecule is Cn1nc2nc1-c1cc(ccc1F)Oc1c(F)cc3[nH]ccc3c1Cn1cc(cn1)C(C)(C)C/C=C\CC2(C)c1cccc(Br)c1. The zero-order valence-electron chi connectivity index (χ0n) is 26.0. The number of benzene rings is 3. The van der Waals surface area contributed by atoms with E-state index in [0.29, 0.717) is 29.1 Å². The van der Waals surface area contributed by atoms with E-state index in [-0.39, 0.29) is 29.0 Å². The van der Waals surface area contributed by atoms with Crippen LogP contribution in [0.2, 0.25) is 0 Å². The second-order valence-corrected chi connectivity index (χ2v) is 13.7. The number of nitrogens with zero attached hydrogens (tertiary/aromatic N) is 5. The molecule has 0 saturated carbocycles. The second kappa shape index (κ2) is 11.3. The molecule has 0 fully saturated rings. The summed E-state index contributed by atoms with van der Waals surface area (Å²) in [5.74, 6) is 0.204. The number of fused-ring (bicyclic) bond motifs is 10. The summed E-state index contributed by atoms with van der Waals surface area (Å²) >= 11 is 3.62. The molecule has 6 aromatic rings. The number of nitrogens with one attached hydrogen (secondary N) is 1. The summed E-state index contributed by atoms with van der Waals surface area (Å²) in [6.07, 6.45) is 11.4. The van der Waals surface area contributed by atoms with Crippen LogP contribution in [0.1, 0.15) is 56.1 Å². The fourth-order valence-electron chi connectivity index (χ4n) is 6.15. The van der Waals surface area contributed by atoms with Gasteiger partial charge in [-0.05, 0) is 72.7 Å². The Morgan fingerprint density at radius 1 is 0.957 bits per heavy atom. The summed E-state index contributed by atoms with van der Waals surface area (Å²) in [7, 11) is 1.75. The fourth-order valence-corrected chi connectivity index (χ4v) is 6.55. The molecule has 1 N–H and O–H groups in total. The van der Waals surface area contributed by atoms with E-state index in [1.807, 2.05) is 35.3 Å². The molecule has 1 atom stereocenters. The average molecular weight is 684 g/mol. The maximum Gasteiger partial charge on any atom is 0.168 e. The van der Waals surface area contributed by atoms with Gasteiger partial charge in [0.1, 0.15) is 11.6 Å². The molecule has 1 unspecified atom stereocenters. The Labute approximate surface area is 274 Å². The Balaban J connectivity index is 1.42. The number of ether oxygens (including phenoxy) is 1. The number of aromatic amines is 1. The lowest BCUT2D eigenvalue weighted by atomic mass is 9.78. The van der Waals surface area contributed by atoms with Gasteiger partial charge in [0.15, 0.2) is 23.2 Å². The van der Waals surface area contributed by atoms with E-state index in [0.717, 1.165) is 27.4 Å². The van der Waals surface area contributed by atoms with Crippen molar-refractivity contribution in [3.05, 3.63) is 124 Å². The topological polar surface area (TPSA) is 73.5 Å². The Morgan fingerprint density at radius 2 is 1.78 bits per heavy atom. The molecule has 0 radical (unpaired) electrons. The molecule has 3 aromatic carbocycles. The molecule has 0 saturated heterocycles. The van der Waals surface area contributed by atoms with Crippen LogP contribution >= 0.6 is 15.9 Å². The first-order chi connectivity index (χ1) is 22.0. The Hall–Kier alpha value is -4.57. The van der Waals surface area contributed by atoms with Crippen molar-refractivity contribution in [1.29, 1.82) is 0 Å². The van der Waals surface area contributed by atoms with Gasteiger partial charge in [-0.2, -0.15) is 10.2 Å². The lowest BCUT2D eigenvalue weighted by Crippen LogP contribution is -2.25. The molecule has 6 bridgehead atoms. The fraction of sp³-hybridized carbons (Fsp3) is 0.250. The number of hydrogen-bond acceptors (Lipinski definition) is 4. The van der Waals surface area contributed by atoms with E-state index >= 15 is 8.78 Å². The summed E-state index contributed by atoms with van der Waals surface area (Å²) < 4.78 is 41.9. The van der Waals surface area contributed by atoms with Crippen molar-refractivity contribution in [2.45, 2.75) is 51.0 Å². The highest BCUT2D eigenvalue weighted by molar-refractivity contribution is 9.10. The van der Waals surface area contributed by atoms with Crippen LogP contribution in [0, 0.1) is 11.6 Å². The number of aromatic nitrogens is 6. The minimum Gasteiger partial charge on any atom is -0.454 e. The van der Waals surface area contributed by atoms with Crippen LogP contribution in [0.5, 0.6) is 11.5 Å². The lowest BCUT2D eigenvalue weighted by molar-refractivity contribution is 0.434. The minimum atomic E-state index is -0.622. The van der Waals surface area contributed by atoms with Crippen molar-refractivity contribution in [2.75, 3.05) is 0 Å². The van der Waals surface area contributed by atoms with Gasteiger partial charge in [-0.15, -0.1) is 0 Å². The molecule has 7 nitrogen and oxygen atoms in total. The molecule has 0 amide bonds. The van der Waals surface area contributed by atoms with Crippen molar-refractivity contribution in [3.8, 4) is 22.9 Å². The first-order valence-electron chi connectivity index (χ1n) is 15.1. The summed E-state index contributed by atoms with van der Waals surface area (Å²) in [6, 6.07) is 15.8. The highest BCUT2D eigenvalue weighted by Crippen LogP contribution is 2.40. The maximum absolute atomic E-state index is 15.8. The number of rotatable bonds is 1. The number of halogens is 3. The third-order valence-electron chi connectivity index (χ3n) is 9.04. The van der Waals surface area contributed by atoms with Crippen molar-refractivity contribution in [2.24, 2.45) is 7.05 Å². The van der Waals surface area contributed by atoms with Crippen LogP contribution in [0.25, 0.3) is 22.3 Å². The van der Waals surface area contributed by atoms with E-state index < -0.39 is 17.0 Å². The summed E-state index contributed by atoms with van der Waals surface area (Å²) in [5, 5.41) is 10.3. The second-order valence-electron chi connectivity index (χ2n) is 12.8. The maximum atomic E-state index is 15.8. The quantitative estimate of drug-likeness (QED) is 0.176. The molecule has 234 valence electrons. The number of H-pyrrole nitrogens is 1.